The van der Waals surface area contributed by atoms with Gasteiger partial charge in [0.15, 0.2) is 0 Å². The number of halogens is 6. The number of unbranched alkanes of at least 4 members (excludes halogenated alkanes) is 10. The van der Waals surface area contributed by atoms with Gasteiger partial charge < -0.3 is 0 Å². The molecule has 9 nitrogen and oxygen atoms in total. The molecule has 20 heteroatoms. The summed E-state index contributed by atoms with van der Waals surface area (Å²) in [5.41, 5.74) is -12.0. The first kappa shape index (κ1) is 41.1. The monoisotopic (exact) mass is 670 g/mol. The van der Waals surface area contributed by atoms with Gasteiger partial charge in [0.05, 0.1) is 0 Å². The van der Waals surface area contributed by atoms with Crippen molar-refractivity contribution in [3.05, 3.63) is 0 Å². The summed E-state index contributed by atoms with van der Waals surface area (Å²) in [5, 5.41) is 0. The second-order valence-corrected chi connectivity index (χ2v) is 16.4. The Labute approximate surface area is 265 Å². The summed E-state index contributed by atoms with van der Waals surface area (Å²) in [6, 6.07) is 0. The van der Waals surface area contributed by atoms with Gasteiger partial charge in [-0.05, 0) is 12.8 Å². The van der Waals surface area contributed by atoms with Crippen LogP contribution in [0.15, 0.2) is 7.54 Å². The molecule has 0 radical (unpaired) electrons. The minimum absolute atomic E-state index is 0. The minimum atomic E-state index is -6.44. The third kappa shape index (κ3) is 15.8. The van der Waals surface area contributed by atoms with Gasteiger partial charge in [-0.3, -0.25) is 0 Å². The van der Waals surface area contributed by atoms with Crippen LogP contribution in [-0.2, 0) is 39.9 Å². The van der Waals surface area contributed by atoms with Gasteiger partial charge in [-0.25, -0.2) is 8.42 Å². The van der Waals surface area contributed by atoms with E-state index in [0.717, 1.165) is 25.7 Å². The molecule has 0 rings (SSSR count). The van der Waals surface area contributed by atoms with Gasteiger partial charge in [0.2, 0.25) is 0 Å². The van der Waals surface area contributed by atoms with E-state index in [1.807, 2.05) is 13.8 Å². The molecule has 0 aliphatic heterocycles. The molecule has 0 aromatic rings. The van der Waals surface area contributed by atoms with Gasteiger partial charge in [0, 0.05) is 11.5 Å². The Morgan fingerprint density at radius 1 is 0.526 bits per heavy atom. The molecule has 0 saturated heterocycles. The Bertz CT molecular complexity index is 1070. The fraction of sp³-hybridized carbons (Fsp3) is 1.00. The van der Waals surface area contributed by atoms with Gasteiger partial charge in [-0.15, -0.1) is 4.13 Å². The normalized spacial score (nSPS) is 16.2. The number of hydrogen-bond donors (Lipinski definition) is 1. The predicted octanol–water partition coefficient (Wildman–Crippen LogP) is 2.77. The van der Waals surface area contributed by atoms with E-state index in [1.165, 1.54) is 4.13 Å². The van der Waals surface area contributed by atoms with E-state index in [0.29, 0.717) is 25.7 Å². The first-order chi connectivity index (χ1) is 16.7. The minimum Gasteiger partial charge on any atom is -0.232 e. The molecule has 224 valence electrons. The largest absolute Gasteiger partial charge is 1.00 e. The van der Waals surface area contributed by atoms with E-state index in [1.54, 1.807) is 0 Å². The zero-order chi connectivity index (χ0) is 29.0. The molecule has 0 heterocycles. The van der Waals surface area contributed by atoms with E-state index in [9.17, 15) is 51.6 Å². The van der Waals surface area contributed by atoms with E-state index in [4.69, 9.17) is 0 Å². The number of rotatable bonds is 18. The molecule has 2 atom stereocenters. The van der Waals surface area contributed by atoms with Crippen LogP contribution in [0.2, 0.25) is 0 Å². The molecular weight excluding hydrogens is 636 g/mol. The molecule has 0 aromatic carbocycles. The van der Waals surface area contributed by atoms with Crippen LogP contribution in [0.3, 0.4) is 0 Å². The van der Waals surface area contributed by atoms with Crippen molar-refractivity contribution in [2.45, 2.75) is 102 Å². The van der Waals surface area contributed by atoms with Gasteiger partial charge in [0.25, 0.3) is 0 Å². The zero-order valence-corrected chi connectivity index (χ0v) is 28.0. The molecule has 38 heavy (non-hydrogen) atoms. The quantitative estimate of drug-likeness (QED) is 0.135. The molecule has 0 spiro atoms. The van der Waals surface area contributed by atoms with Crippen molar-refractivity contribution in [3.63, 3.8) is 0 Å². The standard InChI is InChI=1S/C18H35F6N3O6S4.K/c1-3-5-7-9-11-13-15-34(28,26-36(30,31)17(19,20)21)25-35(29,16-14-12-10-8-6-4-2)27-37(32,33)18(22,23)24;/h3-16H2,1-2H3,(H,25,26,27,28,29);/q;+1. The maximum atomic E-state index is 13.2. The van der Waals surface area contributed by atoms with Gasteiger partial charge in [-0.1, -0.05) is 85.6 Å². The zero-order valence-electron chi connectivity index (χ0n) is 21.6. The second-order valence-electron chi connectivity index (χ2n) is 8.30. The van der Waals surface area contributed by atoms with E-state index < -0.39 is 62.4 Å². The van der Waals surface area contributed by atoms with Crippen LogP contribution in [0.4, 0.5) is 26.3 Å². The van der Waals surface area contributed by atoms with Gasteiger partial charge in [-0.2, -0.15) is 43.2 Å². The van der Waals surface area contributed by atoms with Gasteiger partial charge in [0.1, 0.15) is 19.8 Å². The van der Waals surface area contributed by atoms with E-state index >= 15 is 0 Å². The Morgan fingerprint density at radius 2 is 0.789 bits per heavy atom. The molecule has 0 bridgehead atoms. The molecule has 0 aliphatic rings. The summed E-state index contributed by atoms with van der Waals surface area (Å²) >= 11 is 0. The number of nitrogens with one attached hydrogen (secondary N) is 1. The Balaban J connectivity index is 0. The first-order valence-corrected chi connectivity index (χ1v) is 17.9. The average molecular weight is 671 g/mol. The third-order valence-electron chi connectivity index (χ3n) is 4.83. The summed E-state index contributed by atoms with van der Waals surface area (Å²) in [6.45, 7) is 3.83. The van der Waals surface area contributed by atoms with Crippen molar-refractivity contribution < 1.29 is 103 Å². The molecule has 0 amide bonds. The second kappa shape index (κ2) is 17.8. The summed E-state index contributed by atoms with van der Waals surface area (Å²) in [7, 11) is -22.6. The molecule has 2 unspecified atom stereocenters. The molecule has 0 saturated carbocycles. The third-order valence-corrected chi connectivity index (χ3v) is 13.3. The summed E-state index contributed by atoms with van der Waals surface area (Å²) < 4.78 is 156. The number of sulfonamides is 2. The van der Waals surface area contributed by atoms with Crippen molar-refractivity contribution >= 4 is 39.9 Å². The topological polar surface area (TPSA) is 139 Å². The number of hydrogen-bond acceptors (Lipinski definition) is 6. The van der Waals surface area contributed by atoms with Crippen molar-refractivity contribution in [1.82, 2.24) is 4.13 Å². The van der Waals surface area contributed by atoms with Crippen LogP contribution < -0.4 is 55.5 Å². The van der Waals surface area contributed by atoms with Crippen LogP contribution in [-0.4, -0.2) is 47.8 Å². The summed E-state index contributed by atoms with van der Waals surface area (Å²) in [6.07, 6.45) is 5.92. The maximum absolute atomic E-state index is 13.2. The van der Waals surface area contributed by atoms with Crippen LogP contribution >= 0.6 is 0 Å². The van der Waals surface area contributed by atoms with Crippen LogP contribution in [0.5, 0.6) is 0 Å². The van der Waals surface area contributed by atoms with Gasteiger partial charge >= 0.3 is 82.4 Å². The molecule has 1 N–H and O–H groups in total. The number of alkyl halides is 6. The molecular formula is C18H35F6KN3O6S4+. The van der Waals surface area contributed by atoms with Crippen molar-refractivity contribution in [2.24, 2.45) is 7.54 Å². The molecule has 0 fully saturated rings. The van der Waals surface area contributed by atoms with Crippen LogP contribution in [0, 0.1) is 0 Å². The van der Waals surface area contributed by atoms with E-state index in [-0.39, 0.29) is 77.1 Å². The Hall–Kier alpha value is 0.976. The molecule has 0 aliphatic carbocycles. The first-order valence-electron chi connectivity index (χ1n) is 11.7. The van der Waals surface area contributed by atoms with Crippen molar-refractivity contribution in [2.75, 3.05) is 11.5 Å². The fourth-order valence-electron chi connectivity index (χ4n) is 2.95. The average Bonchev–Trinajstić information content (AvgIpc) is 2.70. The van der Waals surface area contributed by atoms with Crippen LogP contribution in [0.25, 0.3) is 0 Å². The fourth-order valence-corrected chi connectivity index (χ4v) is 11.0. The summed E-state index contributed by atoms with van der Waals surface area (Å²) in [4.78, 5) is 0. The van der Waals surface area contributed by atoms with Crippen molar-refractivity contribution in [1.29, 1.82) is 0 Å². The van der Waals surface area contributed by atoms with Crippen molar-refractivity contribution in [3.8, 4) is 0 Å². The number of nitrogens with zero attached hydrogens (tertiary/aromatic N) is 2. The maximum Gasteiger partial charge on any atom is 1.00 e. The van der Waals surface area contributed by atoms with Crippen LogP contribution in [0.1, 0.15) is 90.9 Å². The predicted molar refractivity (Wildman–Crippen MR) is 131 cm³/mol. The molecule has 0 aromatic heterocycles. The summed E-state index contributed by atoms with van der Waals surface area (Å²) in [5.74, 6) is -1.88. The Morgan fingerprint density at radius 3 is 1.05 bits per heavy atom. The van der Waals surface area contributed by atoms with E-state index in [2.05, 4.69) is 7.54 Å². The SMILES string of the molecule is CCCCCCCCS(=O)(=NS(=O)(=O)C(F)(F)F)NS(=O)(CCCCCCCC)=NS(=O)(=O)C(F)(F)F.[K+]. The smallest absolute Gasteiger partial charge is 0.232 e. The Kier molecular flexibility index (Phi) is 19.3.